The predicted molar refractivity (Wildman–Crippen MR) is 64.2 cm³/mol. The number of hydrogen-bond donors (Lipinski definition) is 2. The van der Waals surface area contributed by atoms with E-state index < -0.39 is 0 Å². The Balaban J connectivity index is 2.09. The first-order chi connectivity index (χ1) is 8.24. The van der Waals surface area contributed by atoms with E-state index in [9.17, 15) is 9.59 Å². The summed E-state index contributed by atoms with van der Waals surface area (Å²) in [5.41, 5.74) is 3.77. The maximum atomic E-state index is 11.9. The number of nitrogens with one attached hydrogen (secondary N) is 2. The SMILES string of the molecule is O=C1NCc2cc3c(cc2N1)C(=O)CCCC3. The fraction of sp³-hybridized carbons (Fsp3) is 0.385. The summed E-state index contributed by atoms with van der Waals surface area (Å²) < 4.78 is 0. The van der Waals surface area contributed by atoms with Crippen LogP contribution in [0.1, 0.15) is 40.7 Å². The van der Waals surface area contributed by atoms with Crippen molar-refractivity contribution in [3.63, 3.8) is 0 Å². The molecule has 0 aromatic heterocycles. The van der Waals surface area contributed by atoms with Crippen LogP contribution in [0.25, 0.3) is 0 Å². The molecule has 0 atom stereocenters. The van der Waals surface area contributed by atoms with Gasteiger partial charge < -0.3 is 10.6 Å². The average molecular weight is 230 g/mol. The molecule has 1 aliphatic heterocycles. The zero-order chi connectivity index (χ0) is 11.8. The largest absolute Gasteiger partial charge is 0.334 e. The van der Waals surface area contributed by atoms with Gasteiger partial charge in [0.15, 0.2) is 5.78 Å². The van der Waals surface area contributed by atoms with Gasteiger partial charge in [-0.15, -0.1) is 0 Å². The number of urea groups is 1. The second kappa shape index (κ2) is 3.87. The Morgan fingerprint density at radius 2 is 1.82 bits per heavy atom. The van der Waals surface area contributed by atoms with Crippen LogP contribution >= 0.6 is 0 Å². The first-order valence-electron chi connectivity index (χ1n) is 5.98. The molecular formula is C13H14N2O2. The summed E-state index contributed by atoms with van der Waals surface area (Å²) in [6.07, 6.45) is 3.61. The van der Waals surface area contributed by atoms with Crippen molar-refractivity contribution in [1.29, 1.82) is 0 Å². The molecule has 4 nitrogen and oxygen atoms in total. The zero-order valence-electron chi connectivity index (χ0n) is 9.51. The second-order valence-corrected chi connectivity index (χ2v) is 4.60. The molecule has 1 aromatic carbocycles. The van der Waals surface area contributed by atoms with Crippen molar-refractivity contribution in [3.05, 3.63) is 28.8 Å². The van der Waals surface area contributed by atoms with E-state index >= 15 is 0 Å². The van der Waals surface area contributed by atoms with Crippen LogP contribution < -0.4 is 10.6 Å². The summed E-state index contributed by atoms with van der Waals surface area (Å²) in [7, 11) is 0. The molecule has 0 saturated carbocycles. The molecule has 0 bridgehead atoms. The molecule has 88 valence electrons. The summed E-state index contributed by atoms with van der Waals surface area (Å²) in [4.78, 5) is 23.2. The smallest absolute Gasteiger partial charge is 0.319 e. The Hall–Kier alpha value is -1.84. The Morgan fingerprint density at radius 3 is 2.71 bits per heavy atom. The Bertz CT molecular complexity index is 508. The highest BCUT2D eigenvalue weighted by Crippen LogP contribution is 2.28. The van der Waals surface area contributed by atoms with Gasteiger partial charge in [-0.25, -0.2) is 4.79 Å². The second-order valence-electron chi connectivity index (χ2n) is 4.60. The van der Waals surface area contributed by atoms with Crippen molar-refractivity contribution in [1.82, 2.24) is 5.32 Å². The van der Waals surface area contributed by atoms with Crippen LogP contribution in [-0.4, -0.2) is 11.8 Å². The highest BCUT2D eigenvalue weighted by Gasteiger charge is 2.21. The van der Waals surface area contributed by atoms with Gasteiger partial charge in [-0.2, -0.15) is 0 Å². The van der Waals surface area contributed by atoms with E-state index in [1.54, 1.807) is 0 Å². The van der Waals surface area contributed by atoms with E-state index in [1.807, 2.05) is 6.07 Å². The first-order valence-corrected chi connectivity index (χ1v) is 5.98. The van der Waals surface area contributed by atoms with Crippen LogP contribution in [0.2, 0.25) is 0 Å². The van der Waals surface area contributed by atoms with Crippen LogP contribution in [0.4, 0.5) is 10.5 Å². The van der Waals surface area contributed by atoms with Crippen LogP contribution in [0.3, 0.4) is 0 Å². The molecule has 0 radical (unpaired) electrons. The molecule has 1 heterocycles. The number of carbonyl (C=O) groups is 2. The molecule has 2 aliphatic rings. The third-order valence-corrected chi connectivity index (χ3v) is 3.42. The van der Waals surface area contributed by atoms with E-state index in [-0.39, 0.29) is 11.8 Å². The topological polar surface area (TPSA) is 58.2 Å². The fourth-order valence-electron chi connectivity index (χ4n) is 2.50. The molecule has 1 aromatic rings. The lowest BCUT2D eigenvalue weighted by Gasteiger charge is -2.20. The highest BCUT2D eigenvalue weighted by atomic mass is 16.2. The number of fused-ring (bicyclic) bond motifs is 2. The van der Waals surface area contributed by atoms with Crippen molar-refractivity contribution in [3.8, 4) is 0 Å². The van der Waals surface area contributed by atoms with E-state index in [2.05, 4.69) is 16.7 Å². The summed E-state index contributed by atoms with van der Waals surface area (Å²) in [6, 6.07) is 3.70. The average Bonchev–Trinajstić information content (AvgIpc) is 2.49. The minimum atomic E-state index is -0.196. The predicted octanol–water partition coefficient (Wildman–Crippen LogP) is 2.23. The maximum Gasteiger partial charge on any atom is 0.319 e. The van der Waals surface area contributed by atoms with Crippen molar-refractivity contribution in [2.45, 2.75) is 32.2 Å². The summed E-state index contributed by atoms with van der Waals surface area (Å²) >= 11 is 0. The van der Waals surface area contributed by atoms with Gasteiger partial charge >= 0.3 is 6.03 Å². The van der Waals surface area contributed by atoms with Gasteiger partial charge in [-0.1, -0.05) is 6.07 Å². The van der Waals surface area contributed by atoms with Crippen LogP contribution in [0.15, 0.2) is 12.1 Å². The highest BCUT2D eigenvalue weighted by molar-refractivity contribution is 6.01. The molecule has 1 aliphatic carbocycles. The lowest BCUT2D eigenvalue weighted by atomic mass is 9.97. The number of Topliss-reactive ketones (excluding diaryl/α,β-unsaturated/α-hetero) is 1. The minimum absolute atomic E-state index is 0.196. The number of rotatable bonds is 0. The lowest BCUT2D eigenvalue weighted by molar-refractivity contribution is 0.0982. The number of hydrogen-bond acceptors (Lipinski definition) is 2. The lowest BCUT2D eigenvalue weighted by Crippen LogP contribution is -2.33. The fourth-order valence-corrected chi connectivity index (χ4v) is 2.50. The number of carbonyl (C=O) groups excluding carboxylic acids is 2. The standard InChI is InChI=1S/C13H14N2O2/c16-12-4-2-1-3-8-5-9-7-14-13(17)15-11(9)6-10(8)12/h5-6H,1-4,7H2,(H2,14,15,17). The Kier molecular flexibility index (Phi) is 2.35. The van der Waals surface area contributed by atoms with Gasteiger partial charge in [-0.05, 0) is 36.5 Å². The molecule has 0 saturated heterocycles. The van der Waals surface area contributed by atoms with Crippen molar-refractivity contribution in [2.75, 3.05) is 5.32 Å². The Morgan fingerprint density at radius 1 is 1.00 bits per heavy atom. The van der Waals surface area contributed by atoms with Crippen molar-refractivity contribution in [2.24, 2.45) is 0 Å². The minimum Gasteiger partial charge on any atom is -0.334 e. The number of amides is 2. The van der Waals surface area contributed by atoms with E-state index in [0.717, 1.165) is 41.6 Å². The van der Waals surface area contributed by atoms with Gasteiger partial charge in [0.05, 0.1) is 0 Å². The van der Waals surface area contributed by atoms with Gasteiger partial charge in [0, 0.05) is 24.2 Å². The normalized spacial score (nSPS) is 18.6. The third kappa shape index (κ3) is 1.79. The third-order valence-electron chi connectivity index (χ3n) is 3.42. The molecule has 3 rings (SSSR count). The number of ketones is 1. The number of benzene rings is 1. The zero-order valence-corrected chi connectivity index (χ0v) is 9.51. The summed E-state index contributed by atoms with van der Waals surface area (Å²) in [6.45, 7) is 0.544. The first kappa shape index (κ1) is 10.3. The Labute approximate surface area is 99.4 Å². The molecule has 0 spiro atoms. The molecule has 17 heavy (non-hydrogen) atoms. The quantitative estimate of drug-likeness (QED) is 0.671. The van der Waals surface area contributed by atoms with Gasteiger partial charge in [0.25, 0.3) is 0 Å². The van der Waals surface area contributed by atoms with E-state index in [0.29, 0.717) is 13.0 Å². The van der Waals surface area contributed by atoms with Crippen LogP contribution in [0.5, 0.6) is 0 Å². The van der Waals surface area contributed by atoms with Crippen LogP contribution in [-0.2, 0) is 13.0 Å². The van der Waals surface area contributed by atoms with Crippen molar-refractivity contribution >= 4 is 17.5 Å². The monoisotopic (exact) mass is 230 g/mol. The molecule has 2 N–H and O–H groups in total. The number of aryl methyl sites for hydroxylation is 1. The molecule has 0 fully saturated rings. The van der Waals surface area contributed by atoms with Gasteiger partial charge in [-0.3, -0.25) is 4.79 Å². The van der Waals surface area contributed by atoms with Gasteiger partial charge in [0.1, 0.15) is 0 Å². The molecule has 2 amide bonds. The molecular weight excluding hydrogens is 216 g/mol. The van der Waals surface area contributed by atoms with E-state index in [4.69, 9.17) is 0 Å². The molecule has 4 heteroatoms. The summed E-state index contributed by atoms with van der Waals surface area (Å²) in [5.74, 6) is 0.202. The van der Waals surface area contributed by atoms with Gasteiger partial charge in [0.2, 0.25) is 0 Å². The summed E-state index contributed by atoms with van der Waals surface area (Å²) in [5, 5.41) is 5.49. The maximum absolute atomic E-state index is 11.9. The number of anilines is 1. The molecule has 0 unspecified atom stereocenters. The van der Waals surface area contributed by atoms with E-state index in [1.165, 1.54) is 0 Å². The van der Waals surface area contributed by atoms with Crippen LogP contribution in [0, 0.1) is 0 Å². The van der Waals surface area contributed by atoms with Crippen molar-refractivity contribution < 1.29 is 9.59 Å².